The molecule has 0 aliphatic carbocycles. The molecule has 1 amide bonds. The molecule has 22 heavy (non-hydrogen) atoms. The second-order valence-electron chi connectivity index (χ2n) is 5.01. The number of carbonyl (C=O) groups is 1. The van der Waals surface area contributed by atoms with Gasteiger partial charge >= 0.3 is 0 Å². The Labute approximate surface area is 136 Å². The van der Waals surface area contributed by atoms with Crippen LogP contribution in [0.15, 0.2) is 32.8 Å². The molecule has 0 saturated carbocycles. The number of nitrogens with zero attached hydrogens (tertiary/aromatic N) is 3. The van der Waals surface area contributed by atoms with Gasteiger partial charge in [0.25, 0.3) is 0 Å². The van der Waals surface area contributed by atoms with Gasteiger partial charge in [-0.25, -0.2) is 4.98 Å². The lowest BCUT2D eigenvalue weighted by Crippen LogP contribution is -2.27. The van der Waals surface area contributed by atoms with Gasteiger partial charge in [0.15, 0.2) is 0 Å². The first kappa shape index (κ1) is 14.9. The number of hydrogen-bond acceptors (Lipinski definition) is 6. The molecule has 3 heterocycles. The summed E-state index contributed by atoms with van der Waals surface area (Å²) in [6.45, 7) is 2.28. The van der Waals surface area contributed by atoms with Gasteiger partial charge in [0.05, 0.1) is 18.7 Å². The third-order valence-corrected chi connectivity index (χ3v) is 4.78. The summed E-state index contributed by atoms with van der Waals surface area (Å²) in [5.74, 6) is 0.763. The molecule has 0 atom stereocenters. The van der Waals surface area contributed by atoms with E-state index in [0.29, 0.717) is 13.0 Å². The van der Waals surface area contributed by atoms with Crippen molar-refractivity contribution in [2.45, 2.75) is 19.9 Å². The van der Waals surface area contributed by atoms with Crippen LogP contribution in [0.4, 0.5) is 0 Å². The second-order valence-corrected chi connectivity index (χ2v) is 6.65. The van der Waals surface area contributed by atoms with Gasteiger partial charge in [-0.1, -0.05) is 5.16 Å². The van der Waals surface area contributed by atoms with E-state index in [0.717, 1.165) is 27.7 Å². The number of likely N-dealkylation sites (N-methyl/N-ethyl adjacent to an activating group) is 1. The van der Waals surface area contributed by atoms with Crippen LogP contribution in [-0.4, -0.2) is 28.0 Å². The summed E-state index contributed by atoms with van der Waals surface area (Å²) in [4.78, 5) is 18.4. The second kappa shape index (κ2) is 6.41. The maximum atomic E-state index is 12.3. The lowest BCUT2D eigenvalue weighted by atomic mass is 10.3. The number of rotatable bonds is 5. The molecular formula is C15H15N3O2S2. The number of hydrogen-bond donors (Lipinski definition) is 0. The fourth-order valence-corrected chi connectivity index (χ4v) is 3.55. The fraction of sp³-hybridized carbons (Fsp3) is 0.267. The molecule has 0 saturated heterocycles. The minimum absolute atomic E-state index is 0.0165. The van der Waals surface area contributed by atoms with E-state index in [-0.39, 0.29) is 5.91 Å². The summed E-state index contributed by atoms with van der Waals surface area (Å²) in [5.41, 5.74) is 2.67. The van der Waals surface area contributed by atoms with E-state index in [2.05, 4.69) is 15.5 Å². The van der Waals surface area contributed by atoms with Crippen molar-refractivity contribution in [3.8, 4) is 10.6 Å². The summed E-state index contributed by atoms with van der Waals surface area (Å²) >= 11 is 3.21. The number of aromatic nitrogens is 2. The highest BCUT2D eigenvalue weighted by molar-refractivity contribution is 7.14. The van der Waals surface area contributed by atoms with Gasteiger partial charge in [-0.2, -0.15) is 11.3 Å². The maximum Gasteiger partial charge on any atom is 0.228 e. The number of thiazole rings is 1. The molecule has 0 aromatic carbocycles. The molecule has 5 nitrogen and oxygen atoms in total. The minimum Gasteiger partial charge on any atom is -0.361 e. The van der Waals surface area contributed by atoms with Crippen molar-refractivity contribution in [2.75, 3.05) is 7.05 Å². The standard InChI is InChI=1S/C15H15N3O2S2/c1-10-5-12(17-20-10)7-18(2)14(19)6-13-9-22-15(16-13)11-3-4-21-8-11/h3-5,8-9H,6-7H2,1-2H3. The highest BCUT2D eigenvalue weighted by atomic mass is 32.1. The molecule has 0 N–H and O–H groups in total. The Bertz CT molecular complexity index is 761. The molecule has 3 rings (SSSR count). The predicted octanol–water partition coefficient (Wildman–Crippen LogP) is 3.37. The molecule has 0 spiro atoms. The van der Waals surface area contributed by atoms with Crippen molar-refractivity contribution in [1.29, 1.82) is 0 Å². The van der Waals surface area contributed by atoms with Crippen LogP contribution in [0, 0.1) is 6.92 Å². The van der Waals surface area contributed by atoms with Crippen molar-refractivity contribution < 1.29 is 9.32 Å². The Morgan fingerprint density at radius 1 is 1.36 bits per heavy atom. The Morgan fingerprint density at radius 2 is 2.23 bits per heavy atom. The van der Waals surface area contributed by atoms with Crippen LogP contribution >= 0.6 is 22.7 Å². The van der Waals surface area contributed by atoms with Gasteiger partial charge in [0, 0.05) is 29.4 Å². The van der Waals surface area contributed by atoms with Crippen LogP contribution in [0.25, 0.3) is 10.6 Å². The van der Waals surface area contributed by atoms with E-state index >= 15 is 0 Å². The first-order valence-corrected chi connectivity index (χ1v) is 8.57. The highest BCUT2D eigenvalue weighted by Gasteiger charge is 2.14. The van der Waals surface area contributed by atoms with Gasteiger partial charge < -0.3 is 9.42 Å². The van der Waals surface area contributed by atoms with Crippen molar-refractivity contribution in [2.24, 2.45) is 0 Å². The van der Waals surface area contributed by atoms with E-state index in [1.54, 1.807) is 34.6 Å². The van der Waals surface area contributed by atoms with Gasteiger partial charge in [-0.3, -0.25) is 4.79 Å². The molecule has 0 aliphatic heterocycles. The Balaban J connectivity index is 1.61. The van der Waals surface area contributed by atoms with Crippen LogP contribution < -0.4 is 0 Å². The largest absolute Gasteiger partial charge is 0.361 e. The van der Waals surface area contributed by atoms with E-state index in [1.165, 1.54) is 0 Å². The topological polar surface area (TPSA) is 59.2 Å². The quantitative estimate of drug-likeness (QED) is 0.718. The van der Waals surface area contributed by atoms with E-state index in [4.69, 9.17) is 4.52 Å². The average Bonchev–Trinajstić information content (AvgIpc) is 3.20. The smallest absolute Gasteiger partial charge is 0.228 e. The van der Waals surface area contributed by atoms with E-state index < -0.39 is 0 Å². The number of thiophene rings is 1. The monoisotopic (exact) mass is 333 g/mol. The molecule has 3 aromatic rings. The Kier molecular flexibility index (Phi) is 4.35. The lowest BCUT2D eigenvalue weighted by Gasteiger charge is -2.14. The molecule has 3 aromatic heterocycles. The SMILES string of the molecule is Cc1cc(CN(C)C(=O)Cc2csc(-c3ccsc3)n2)no1. The maximum absolute atomic E-state index is 12.3. The van der Waals surface area contributed by atoms with Gasteiger partial charge in [0.2, 0.25) is 5.91 Å². The number of aryl methyl sites for hydroxylation is 1. The average molecular weight is 333 g/mol. The zero-order valence-electron chi connectivity index (χ0n) is 12.3. The third-order valence-electron chi connectivity index (χ3n) is 3.15. The van der Waals surface area contributed by atoms with Crippen molar-refractivity contribution >= 4 is 28.6 Å². The van der Waals surface area contributed by atoms with Crippen LogP contribution in [-0.2, 0) is 17.8 Å². The lowest BCUT2D eigenvalue weighted by molar-refractivity contribution is -0.129. The van der Waals surface area contributed by atoms with Crippen LogP contribution in [0.5, 0.6) is 0 Å². The van der Waals surface area contributed by atoms with Crippen LogP contribution in [0.2, 0.25) is 0 Å². The summed E-state index contributed by atoms with van der Waals surface area (Å²) in [7, 11) is 1.76. The molecule has 114 valence electrons. The molecular weight excluding hydrogens is 318 g/mol. The fourth-order valence-electron chi connectivity index (χ4n) is 2.02. The summed E-state index contributed by atoms with van der Waals surface area (Å²) < 4.78 is 5.01. The molecule has 7 heteroatoms. The molecule has 0 aliphatic rings. The summed E-state index contributed by atoms with van der Waals surface area (Å²) in [5, 5.41) is 10.9. The summed E-state index contributed by atoms with van der Waals surface area (Å²) in [6.07, 6.45) is 0.300. The van der Waals surface area contributed by atoms with Crippen LogP contribution in [0.3, 0.4) is 0 Å². The highest BCUT2D eigenvalue weighted by Crippen LogP contribution is 2.25. The zero-order valence-corrected chi connectivity index (χ0v) is 13.9. The van der Waals surface area contributed by atoms with Gasteiger partial charge in [-0.05, 0) is 18.4 Å². The molecule has 0 bridgehead atoms. The molecule has 0 unspecified atom stereocenters. The molecule has 0 radical (unpaired) electrons. The Morgan fingerprint density at radius 3 is 2.91 bits per heavy atom. The predicted molar refractivity (Wildman–Crippen MR) is 86.8 cm³/mol. The van der Waals surface area contributed by atoms with Gasteiger partial charge in [-0.15, -0.1) is 11.3 Å². The number of carbonyl (C=O) groups excluding carboxylic acids is 1. The third kappa shape index (κ3) is 3.42. The minimum atomic E-state index is 0.0165. The normalized spacial score (nSPS) is 10.8. The van der Waals surface area contributed by atoms with Crippen LogP contribution in [0.1, 0.15) is 17.1 Å². The molecule has 0 fully saturated rings. The van der Waals surface area contributed by atoms with E-state index in [9.17, 15) is 4.79 Å². The van der Waals surface area contributed by atoms with Crippen molar-refractivity contribution in [3.05, 3.63) is 45.4 Å². The Hall–Kier alpha value is -1.99. The first-order chi connectivity index (χ1) is 10.6. The zero-order chi connectivity index (χ0) is 15.5. The van der Waals surface area contributed by atoms with Crippen molar-refractivity contribution in [1.82, 2.24) is 15.0 Å². The van der Waals surface area contributed by atoms with E-state index in [1.807, 2.05) is 29.8 Å². The first-order valence-electron chi connectivity index (χ1n) is 6.75. The van der Waals surface area contributed by atoms with Crippen molar-refractivity contribution in [3.63, 3.8) is 0 Å². The number of amides is 1. The van der Waals surface area contributed by atoms with Gasteiger partial charge in [0.1, 0.15) is 16.5 Å². The summed E-state index contributed by atoms with van der Waals surface area (Å²) in [6, 6.07) is 3.87.